The second-order valence-electron chi connectivity index (χ2n) is 7.39. The van der Waals surface area contributed by atoms with Crippen LogP contribution in [-0.4, -0.2) is 45.3 Å². The number of pyridine rings is 1. The number of nitrogens with zero attached hydrogens (tertiary/aromatic N) is 4. The first-order valence-corrected chi connectivity index (χ1v) is 10.6. The van der Waals surface area contributed by atoms with Crippen LogP contribution in [0, 0.1) is 11.3 Å². The number of nitriles is 1. The van der Waals surface area contributed by atoms with Crippen molar-refractivity contribution in [2.45, 2.75) is 33.2 Å². The lowest BCUT2D eigenvalue weighted by atomic mass is 10.1. The number of carbonyl (C=O) groups excluding carboxylic acids is 3. The summed E-state index contributed by atoms with van der Waals surface area (Å²) >= 11 is 0. The van der Waals surface area contributed by atoms with Crippen LogP contribution in [0.15, 0.2) is 36.5 Å². The molecule has 0 atom stereocenters. The number of hydrogen-bond acceptors (Lipinski definition) is 6. The molecule has 0 radical (unpaired) electrons. The Kier molecular flexibility index (Phi) is 7.70. The molecule has 2 aromatic heterocycles. The molecule has 0 saturated carbocycles. The maximum Gasteiger partial charge on any atom is 0.258 e. The summed E-state index contributed by atoms with van der Waals surface area (Å²) in [5.41, 5.74) is 1.93. The molecular weight excluding hydrogens is 422 g/mol. The third-order valence-electron chi connectivity index (χ3n) is 4.85. The number of unbranched alkanes of at least 4 members (excludes halogenated alkanes) is 1. The molecule has 3 amide bonds. The SMILES string of the molecule is CCCCNC(=O)c1cnc2c(c1)nc(NC(=O)c1cccc(C#N)c1)n2CCNC(C)=O. The fourth-order valence-corrected chi connectivity index (χ4v) is 3.17. The summed E-state index contributed by atoms with van der Waals surface area (Å²) in [7, 11) is 0. The highest BCUT2D eigenvalue weighted by Crippen LogP contribution is 2.20. The zero-order valence-electron chi connectivity index (χ0n) is 18.5. The van der Waals surface area contributed by atoms with Crippen LogP contribution in [0.2, 0.25) is 0 Å². The van der Waals surface area contributed by atoms with Gasteiger partial charge in [0.05, 0.1) is 17.2 Å². The van der Waals surface area contributed by atoms with Crippen molar-refractivity contribution in [2.75, 3.05) is 18.4 Å². The van der Waals surface area contributed by atoms with Gasteiger partial charge < -0.3 is 10.6 Å². The summed E-state index contributed by atoms with van der Waals surface area (Å²) in [6.07, 6.45) is 3.31. The first-order valence-electron chi connectivity index (χ1n) is 10.6. The topological polar surface area (TPSA) is 142 Å². The quantitative estimate of drug-likeness (QED) is 0.429. The Hall–Kier alpha value is -4.26. The van der Waals surface area contributed by atoms with E-state index in [0.29, 0.717) is 47.5 Å². The average molecular weight is 447 g/mol. The minimum absolute atomic E-state index is 0.183. The summed E-state index contributed by atoms with van der Waals surface area (Å²) in [4.78, 5) is 45.3. The van der Waals surface area contributed by atoms with Gasteiger partial charge in [0.25, 0.3) is 11.8 Å². The smallest absolute Gasteiger partial charge is 0.258 e. The van der Waals surface area contributed by atoms with Crippen molar-refractivity contribution < 1.29 is 14.4 Å². The number of amides is 3. The van der Waals surface area contributed by atoms with Gasteiger partial charge in [0, 0.05) is 38.3 Å². The standard InChI is InChI=1S/C23H25N7O3/c1-3-4-8-26-21(32)18-12-19-20(27-14-18)30(10-9-25-15(2)31)23(28-19)29-22(33)17-7-5-6-16(11-17)13-24/h5-7,11-12,14H,3-4,8-10H2,1-2H3,(H,25,31)(H,26,32)(H,28,29,33). The Bertz CT molecular complexity index is 1230. The van der Waals surface area contributed by atoms with Crippen molar-refractivity contribution in [1.82, 2.24) is 25.2 Å². The molecule has 0 saturated heterocycles. The summed E-state index contributed by atoms with van der Waals surface area (Å²) in [5, 5.41) is 17.4. The fraction of sp³-hybridized carbons (Fsp3) is 0.304. The van der Waals surface area contributed by atoms with Gasteiger partial charge in [0.1, 0.15) is 5.52 Å². The largest absolute Gasteiger partial charge is 0.355 e. The zero-order chi connectivity index (χ0) is 23.8. The number of anilines is 1. The predicted molar refractivity (Wildman–Crippen MR) is 123 cm³/mol. The molecule has 0 aliphatic carbocycles. The van der Waals surface area contributed by atoms with Crippen LogP contribution in [0.3, 0.4) is 0 Å². The van der Waals surface area contributed by atoms with Crippen molar-refractivity contribution in [2.24, 2.45) is 0 Å². The van der Waals surface area contributed by atoms with Crippen molar-refractivity contribution in [1.29, 1.82) is 5.26 Å². The predicted octanol–water partition coefficient (Wildman–Crippen LogP) is 2.22. The summed E-state index contributed by atoms with van der Waals surface area (Å²) in [6, 6.07) is 9.93. The van der Waals surface area contributed by atoms with Gasteiger partial charge in [-0.25, -0.2) is 9.97 Å². The monoisotopic (exact) mass is 447 g/mol. The van der Waals surface area contributed by atoms with Gasteiger partial charge >= 0.3 is 0 Å². The molecule has 0 aliphatic heterocycles. The highest BCUT2D eigenvalue weighted by Gasteiger charge is 2.17. The van der Waals surface area contributed by atoms with E-state index in [1.165, 1.54) is 19.2 Å². The summed E-state index contributed by atoms with van der Waals surface area (Å²) in [5.74, 6) is -0.652. The Morgan fingerprint density at radius 1 is 1.09 bits per heavy atom. The molecule has 10 heteroatoms. The molecule has 0 bridgehead atoms. The average Bonchev–Trinajstić information content (AvgIpc) is 3.15. The molecule has 3 rings (SSSR count). The number of rotatable bonds is 9. The van der Waals surface area contributed by atoms with Gasteiger partial charge in [-0.2, -0.15) is 5.26 Å². The number of carbonyl (C=O) groups is 3. The van der Waals surface area contributed by atoms with Gasteiger partial charge in [0.15, 0.2) is 5.65 Å². The lowest BCUT2D eigenvalue weighted by molar-refractivity contribution is -0.118. The molecule has 3 N–H and O–H groups in total. The normalized spacial score (nSPS) is 10.5. The highest BCUT2D eigenvalue weighted by atomic mass is 16.2. The summed E-state index contributed by atoms with van der Waals surface area (Å²) in [6.45, 7) is 4.63. The van der Waals surface area contributed by atoms with E-state index in [1.807, 2.05) is 13.0 Å². The number of aromatic nitrogens is 3. The molecule has 0 aliphatic rings. The van der Waals surface area contributed by atoms with E-state index in [9.17, 15) is 14.4 Å². The Balaban J connectivity index is 1.91. The molecule has 10 nitrogen and oxygen atoms in total. The van der Waals surface area contributed by atoms with Gasteiger partial charge in [-0.1, -0.05) is 19.4 Å². The molecule has 2 heterocycles. The van der Waals surface area contributed by atoms with Crippen LogP contribution in [0.1, 0.15) is 53.0 Å². The van der Waals surface area contributed by atoms with Gasteiger partial charge in [-0.3, -0.25) is 24.3 Å². The molecule has 33 heavy (non-hydrogen) atoms. The maximum atomic E-state index is 12.8. The van der Waals surface area contributed by atoms with Crippen molar-refractivity contribution in [3.63, 3.8) is 0 Å². The first kappa shape index (κ1) is 23.4. The van der Waals surface area contributed by atoms with E-state index in [-0.39, 0.29) is 17.8 Å². The Morgan fingerprint density at radius 2 is 1.91 bits per heavy atom. The second-order valence-corrected chi connectivity index (χ2v) is 7.39. The summed E-state index contributed by atoms with van der Waals surface area (Å²) < 4.78 is 1.66. The maximum absolute atomic E-state index is 12.8. The number of hydrogen-bond donors (Lipinski definition) is 3. The van der Waals surface area contributed by atoms with Crippen molar-refractivity contribution >= 4 is 34.8 Å². The van der Waals surface area contributed by atoms with E-state index in [2.05, 4.69) is 25.9 Å². The molecule has 170 valence electrons. The fourth-order valence-electron chi connectivity index (χ4n) is 3.17. The second kappa shape index (κ2) is 10.9. The van der Waals surface area contributed by atoms with Crippen molar-refractivity contribution in [3.05, 3.63) is 53.2 Å². The van der Waals surface area contributed by atoms with Crippen LogP contribution in [-0.2, 0) is 11.3 Å². The van der Waals surface area contributed by atoms with Crippen molar-refractivity contribution in [3.8, 4) is 6.07 Å². The van der Waals surface area contributed by atoms with Gasteiger partial charge in [0.2, 0.25) is 11.9 Å². The van der Waals surface area contributed by atoms with E-state index in [4.69, 9.17) is 5.26 Å². The van der Waals surface area contributed by atoms with Crippen LogP contribution in [0.4, 0.5) is 5.95 Å². The number of fused-ring (bicyclic) bond motifs is 1. The third kappa shape index (κ3) is 5.92. The zero-order valence-corrected chi connectivity index (χ0v) is 18.5. The lowest BCUT2D eigenvalue weighted by Gasteiger charge is -2.10. The number of nitrogens with one attached hydrogen (secondary N) is 3. The van der Waals surface area contributed by atoms with E-state index in [1.54, 1.807) is 28.8 Å². The molecular formula is C23H25N7O3. The highest BCUT2D eigenvalue weighted by molar-refractivity contribution is 6.04. The number of imidazole rings is 1. The molecule has 1 aromatic carbocycles. The van der Waals surface area contributed by atoms with E-state index in [0.717, 1.165) is 12.8 Å². The molecule has 3 aromatic rings. The van der Waals surface area contributed by atoms with Crippen LogP contribution < -0.4 is 16.0 Å². The van der Waals surface area contributed by atoms with E-state index < -0.39 is 5.91 Å². The molecule has 0 spiro atoms. The third-order valence-corrected chi connectivity index (χ3v) is 4.85. The van der Waals surface area contributed by atoms with Crippen LogP contribution >= 0.6 is 0 Å². The molecule has 0 fully saturated rings. The molecule has 0 unspecified atom stereocenters. The van der Waals surface area contributed by atoms with Gasteiger partial charge in [-0.15, -0.1) is 0 Å². The van der Waals surface area contributed by atoms with E-state index >= 15 is 0 Å². The Morgan fingerprint density at radius 3 is 2.64 bits per heavy atom. The first-order chi connectivity index (χ1) is 15.9. The minimum atomic E-state index is -0.444. The number of benzene rings is 1. The Labute approximate surface area is 191 Å². The van der Waals surface area contributed by atoms with Crippen LogP contribution in [0.25, 0.3) is 11.2 Å². The minimum Gasteiger partial charge on any atom is -0.355 e. The van der Waals surface area contributed by atoms with Crippen LogP contribution in [0.5, 0.6) is 0 Å². The lowest BCUT2D eigenvalue weighted by Crippen LogP contribution is -2.26. The van der Waals surface area contributed by atoms with Gasteiger partial charge in [-0.05, 0) is 30.7 Å².